The van der Waals surface area contributed by atoms with Crippen LogP contribution < -0.4 is 10.6 Å². The zero-order valence-electron chi connectivity index (χ0n) is 16.2. The number of amides is 1. The van der Waals surface area contributed by atoms with E-state index in [0.717, 1.165) is 35.7 Å². The van der Waals surface area contributed by atoms with Crippen molar-refractivity contribution in [2.24, 2.45) is 0 Å². The van der Waals surface area contributed by atoms with Crippen LogP contribution in [0.3, 0.4) is 0 Å². The maximum Gasteiger partial charge on any atom is 0.242 e. The number of nitrogens with zero attached hydrogens (tertiary/aromatic N) is 5. The van der Waals surface area contributed by atoms with Crippen molar-refractivity contribution in [2.75, 3.05) is 11.9 Å². The summed E-state index contributed by atoms with van der Waals surface area (Å²) in [5, 5.41) is 21.0. The summed E-state index contributed by atoms with van der Waals surface area (Å²) in [6.07, 6.45) is 2.65. The van der Waals surface area contributed by atoms with Crippen LogP contribution in [0.5, 0.6) is 0 Å². The van der Waals surface area contributed by atoms with Crippen LogP contribution in [0.2, 0.25) is 0 Å². The van der Waals surface area contributed by atoms with Gasteiger partial charge in [-0.2, -0.15) is 9.78 Å². The van der Waals surface area contributed by atoms with Gasteiger partial charge in [-0.25, -0.2) is 9.97 Å². The molecule has 1 atom stereocenters. The fourth-order valence-electron chi connectivity index (χ4n) is 3.73. The molecule has 30 heavy (non-hydrogen) atoms. The average Bonchev–Trinajstić information content (AvgIpc) is 3.14. The van der Waals surface area contributed by atoms with E-state index in [1.807, 2.05) is 36.4 Å². The number of hydrogen-bond donors (Lipinski definition) is 2. The Labute approximate surface area is 172 Å². The molecule has 0 spiro atoms. The first-order chi connectivity index (χ1) is 14.7. The lowest BCUT2D eigenvalue weighted by Crippen LogP contribution is -2.38. The SMILES string of the molecule is N#Cc1cccc(-c2nc3c4ccccc4nc(N[C@H]4CCCCNC4=O)n3n2)c1. The summed E-state index contributed by atoms with van der Waals surface area (Å²) in [5.74, 6) is 0.942. The minimum atomic E-state index is -0.376. The third-order valence-corrected chi connectivity index (χ3v) is 5.27. The molecule has 148 valence electrons. The molecule has 0 aliphatic carbocycles. The van der Waals surface area contributed by atoms with Crippen LogP contribution in [-0.4, -0.2) is 38.1 Å². The zero-order valence-corrected chi connectivity index (χ0v) is 16.2. The lowest BCUT2D eigenvalue weighted by Gasteiger charge is -2.16. The highest BCUT2D eigenvalue weighted by atomic mass is 16.2. The molecule has 8 nitrogen and oxygen atoms in total. The number of nitriles is 1. The number of para-hydroxylation sites is 1. The standard InChI is InChI=1S/C22H19N7O/c23-13-14-6-5-7-15(12-14)19-27-20-16-8-1-2-9-17(16)25-22(29(20)28-19)26-18-10-3-4-11-24-21(18)30/h1-2,5-9,12,18H,3-4,10-11H2,(H,24,30)(H,25,26)/t18-/m0/s1. The first-order valence-electron chi connectivity index (χ1n) is 9.93. The molecule has 1 aliphatic rings. The molecule has 1 saturated heterocycles. The lowest BCUT2D eigenvalue weighted by atomic mass is 10.1. The predicted molar refractivity (Wildman–Crippen MR) is 113 cm³/mol. The van der Waals surface area contributed by atoms with Crippen molar-refractivity contribution < 1.29 is 4.79 Å². The van der Waals surface area contributed by atoms with E-state index in [0.29, 0.717) is 29.5 Å². The Morgan fingerprint density at radius 1 is 1.13 bits per heavy atom. The van der Waals surface area contributed by atoms with E-state index in [9.17, 15) is 10.1 Å². The molecule has 5 rings (SSSR count). The van der Waals surface area contributed by atoms with Crippen LogP contribution in [0.15, 0.2) is 48.5 Å². The highest BCUT2D eigenvalue weighted by Crippen LogP contribution is 2.25. The van der Waals surface area contributed by atoms with Gasteiger partial charge in [0.1, 0.15) is 6.04 Å². The van der Waals surface area contributed by atoms with Crippen LogP contribution >= 0.6 is 0 Å². The molecule has 0 radical (unpaired) electrons. The van der Waals surface area contributed by atoms with Crippen LogP contribution in [-0.2, 0) is 4.79 Å². The summed E-state index contributed by atoms with van der Waals surface area (Å²) in [7, 11) is 0. The van der Waals surface area contributed by atoms with Gasteiger partial charge in [-0.05, 0) is 43.5 Å². The van der Waals surface area contributed by atoms with E-state index in [4.69, 9.17) is 9.97 Å². The first-order valence-corrected chi connectivity index (χ1v) is 9.93. The summed E-state index contributed by atoms with van der Waals surface area (Å²) < 4.78 is 1.65. The summed E-state index contributed by atoms with van der Waals surface area (Å²) in [5.41, 5.74) is 2.71. The van der Waals surface area contributed by atoms with Crippen molar-refractivity contribution >= 4 is 28.4 Å². The summed E-state index contributed by atoms with van der Waals surface area (Å²) in [6.45, 7) is 0.695. The summed E-state index contributed by atoms with van der Waals surface area (Å²) in [4.78, 5) is 21.9. The maximum atomic E-state index is 12.4. The van der Waals surface area contributed by atoms with Crippen LogP contribution in [0.4, 0.5) is 5.95 Å². The van der Waals surface area contributed by atoms with Crippen molar-refractivity contribution in [1.82, 2.24) is 24.9 Å². The Morgan fingerprint density at radius 2 is 2.03 bits per heavy atom. The number of anilines is 1. The van der Waals surface area contributed by atoms with Gasteiger partial charge in [-0.3, -0.25) is 4.79 Å². The second-order valence-electron chi connectivity index (χ2n) is 7.30. The van der Waals surface area contributed by atoms with E-state index >= 15 is 0 Å². The van der Waals surface area contributed by atoms with Crippen molar-refractivity contribution in [3.63, 3.8) is 0 Å². The molecule has 2 aromatic carbocycles. The molecule has 3 heterocycles. The fraction of sp³-hybridized carbons (Fsp3) is 0.227. The van der Waals surface area contributed by atoms with Gasteiger partial charge >= 0.3 is 0 Å². The average molecular weight is 397 g/mol. The molecular weight excluding hydrogens is 378 g/mol. The minimum Gasteiger partial charge on any atom is -0.354 e. The number of hydrogen-bond acceptors (Lipinski definition) is 6. The van der Waals surface area contributed by atoms with Gasteiger partial charge in [0.25, 0.3) is 0 Å². The molecule has 4 aromatic rings. The van der Waals surface area contributed by atoms with E-state index < -0.39 is 0 Å². The molecular formula is C22H19N7O. The first kappa shape index (κ1) is 18.1. The third-order valence-electron chi connectivity index (χ3n) is 5.27. The number of aromatic nitrogens is 4. The molecule has 0 saturated carbocycles. The number of benzene rings is 2. The Morgan fingerprint density at radius 3 is 2.93 bits per heavy atom. The van der Waals surface area contributed by atoms with Gasteiger partial charge in [0.05, 0.1) is 17.1 Å². The highest BCUT2D eigenvalue weighted by molar-refractivity contribution is 5.93. The molecule has 2 N–H and O–H groups in total. The lowest BCUT2D eigenvalue weighted by molar-refractivity contribution is -0.121. The van der Waals surface area contributed by atoms with E-state index in [1.165, 1.54) is 0 Å². The van der Waals surface area contributed by atoms with Gasteiger partial charge in [0.15, 0.2) is 11.5 Å². The van der Waals surface area contributed by atoms with Crippen molar-refractivity contribution in [3.05, 3.63) is 54.1 Å². The van der Waals surface area contributed by atoms with E-state index in [2.05, 4.69) is 21.8 Å². The smallest absolute Gasteiger partial charge is 0.242 e. The van der Waals surface area contributed by atoms with Gasteiger partial charge < -0.3 is 10.6 Å². The van der Waals surface area contributed by atoms with Crippen molar-refractivity contribution in [1.29, 1.82) is 5.26 Å². The molecule has 1 amide bonds. The largest absolute Gasteiger partial charge is 0.354 e. The van der Waals surface area contributed by atoms with Crippen molar-refractivity contribution in [3.8, 4) is 17.5 Å². The number of fused-ring (bicyclic) bond motifs is 3. The molecule has 1 aliphatic heterocycles. The topological polar surface area (TPSA) is 108 Å². The Bertz CT molecular complexity index is 1300. The van der Waals surface area contributed by atoms with E-state index in [-0.39, 0.29) is 11.9 Å². The summed E-state index contributed by atoms with van der Waals surface area (Å²) >= 11 is 0. The number of nitrogens with one attached hydrogen (secondary N) is 2. The van der Waals surface area contributed by atoms with E-state index in [1.54, 1.807) is 16.6 Å². The fourth-order valence-corrected chi connectivity index (χ4v) is 3.73. The molecule has 2 aromatic heterocycles. The van der Waals surface area contributed by atoms with Crippen LogP contribution in [0, 0.1) is 11.3 Å². The van der Waals surface area contributed by atoms with Gasteiger partial charge in [-0.1, -0.05) is 24.3 Å². The van der Waals surface area contributed by atoms with Crippen molar-refractivity contribution in [2.45, 2.75) is 25.3 Å². The number of carbonyl (C=O) groups excluding carboxylic acids is 1. The Hall–Kier alpha value is -3.99. The predicted octanol–water partition coefficient (Wildman–Crippen LogP) is 2.90. The quantitative estimate of drug-likeness (QED) is 0.550. The second kappa shape index (κ2) is 7.44. The molecule has 0 unspecified atom stereocenters. The normalized spacial score (nSPS) is 16.8. The second-order valence-corrected chi connectivity index (χ2v) is 7.30. The Balaban J connectivity index is 1.66. The van der Waals surface area contributed by atoms with Gasteiger partial charge in [-0.15, -0.1) is 5.10 Å². The maximum absolute atomic E-state index is 12.4. The molecule has 1 fully saturated rings. The Kier molecular flexibility index (Phi) is 4.48. The third kappa shape index (κ3) is 3.20. The molecule has 0 bridgehead atoms. The summed E-state index contributed by atoms with van der Waals surface area (Å²) in [6, 6.07) is 16.7. The monoisotopic (exact) mass is 397 g/mol. The minimum absolute atomic E-state index is 0.0299. The van der Waals surface area contributed by atoms with Crippen LogP contribution in [0.25, 0.3) is 27.9 Å². The number of rotatable bonds is 3. The van der Waals surface area contributed by atoms with Crippen LogP contribution in [0.1, 0.15) is 24.8 Å². The van der Waals surface area contributed by atoms with Gasteiger partial charge in [0.2, 0.25) is 11.9 Å². The highest BCUT2D eigenvalue weighted by Gasteiger charge is 2.23. The molecule has 8 heteroatoms. The number of carbonyl (C=O) groups is 1. The van der Waals surface area contributed by atoms with Gasteiger partial charge in [0, 0.05) is 17.5 Å². The zero-order chi connectivity index (χ0) is 20.5.